The molecule has 208 valence electrons. The van der Waals surface area contributed by atoms with Gasteiger partial charge in [-0.3, -0.25) is 14.9 Å². The SMILES string of the molecule is CC(C)N(c1ccc(Oc2ccc3nc(COc4ccc(CC5SC(=O)NC5=O)cc4)n(C)c3c2)cc1)C(C)C. The van der Waals surface area contributed by atoms with Gasteiger partial charge in [0.15, 0.2) is 0 Å². The van der Waals surface area contributed by atoms with Gasteiger partial charge in [0.25, 0.3) is 5.24 Å². The number of imidazole rings is 1. The molecule has 4 aromatic rings. The van der Waals surface area contributed by atoms with E-state index in [-0.39, 0.29) is 16.4 Å². The summed E-state index contributed by atoms with van der Waals surface area (Å²) < 4.78 is 14.2. The number of carbonyl (C=O) groups excluding carboxylic acids is 2. The number of fused-ring (bicyclic) bond motifs is 1. The molecule has 1 aliphatic rings. The molecule has 1 unspecified atom stereocenters. The van der Waals surface area contributed by atoms with Gasteiger partial charge in [-0.1, -0.05) is 23.9 Å². The number of nitrogens with one attached hydrogen (secondary N) is 1. The van der Waals surface area contributed by atoms with Gasteiger partial charge in [0.2, 0.25) is 5.91 Å². The van der Waals surface area contributed by atoms with E-state index in [1.54, 1.807) is 0 Å². The van der Waals surface area contributed by atoms with Crippen LogP contribution in [0.2, 0.25) is 0 Å². The van der Waals surface area contributed by atoms with Crippen LogP contribution in [0.1, 0.15) is 39.1 Å². The lowest BCUT2D eigenvalue weighted by Gasteiger charge is -2.33. The normalized spacial score (nSPS) is 15.2. The van der Waals surface area contributed by atoms with Gasteiger partial charge in [-0.25, -0.2) is 4.98 Å². The predicted molar refractivity (Wildman–Crippen MR) is 159 cm³/mol. The summed E-state index contributed by atoms with van der Waals surface area (Å²) in [5, 5.41) is 1.65. The van der Waals surface area contributed by atoms with Crippen molar-refractivity contribution in [3.05, 3.63) is 78.1 Å². The number of anilines is 1. The van der Waals surface area contributed by atoms with Gasteiger partial charge in [-0.2, -0.15) is 0 Å². The summed E-state index contributed by atoms with van der Waals surface area (Å²) in [5.41, 5.74) is 3.97. The van der Waals surface area contributed by atoms with Crippen molar-refractivity contribution in [3.63, 3.8) is 0 Å². The van der Waals surface area contributed by atoms with Crippen LogP contribution in [0.4, 0.5) is 10.5 Å². The molecule has 1 aliphatic heterocycles. The number of thioether (sulfide) groups is 1. The third kappa shape index (κ3) is 6.09. The zero-order valence-corrected chi connectivity index (χ0v) is 24.2. The number of nitrogens with zero attached hydrogens (tertiary/aromatic N) is 3. The fourth-order valence-electron chi connectivity index (χ4n) is 5.04. The third-order valence-corrected chi connectivity index (χ3v) is 7.89. The molecule has 8 nitrogen and oxygen atoms in total. The Labute approximate surface area is 238 Å². The minimum absolute atomic E-state index is 0.233. The summed E-state index contributed by atoms with van der Waals surface area (Å²) in [4.78, 5) is 30.3. The zero-order valence-electron chi connectivity index (χ0n) is 23.4. The van der Waals surface area contributed by atoms with Crippen molar-refractivity contribution in [2.75, 3.05) is 4.90 Å². The molecule has 0 radical (unpaired) electrons. The molecular formula is C31H34N4O4S. The van der Waals surface area contributed by atoms with Gasteiger partial charge in [0, 0.05) is 30.9 Å². The largest absolute Gasteiger partial charge is 0.486 e. The smallest absolute Gasteiger partial charge is 0.286 e. The zero-order chi connectivity index (χ0) is 28.4. The Bertz CT molecular complexity index is 1510. The number of aromatic nitrogens is 2. The molecule has 1 N–H and O–H groups in total. The first-order valence-corrected chi connectivity index (χ1v) is 14.3. The second-order valence-corrected chi connectivity index (χ2v) is 11.6. The maximum atomic E-state index is 11.8. The molecule has 1 atom stereocenters. The van der Waals surface area contributed by atoms with Gasteiger partial charge < -0.3 is 18.9 Å². The summed E-state index contributed by atoms with van der Waals surface area (Å²) in [6.07, 6.45) is 0.496. The van der Waals surface area contributed by atoms with E-state index in [4.69, 9.17) is 14.5 Å². The molecule has 5 rings (SSSR count). The predicted octanol–water partition coefficient (Wildman–Crippen LogP) is 6.46. The number of hydrogen-bond acceptors (Lipinski definition) is 7. The Morgan fingerprint density at radius 1 is 0.925 bits per heavy atom. The molecule has 3 aromatic carbocycles. The van der Waals surface area contributed by atoms with Gasteiger partial charge in [0.1, 0.15) is 29.7 Å². The number of ether oxygens (including phenoxy) is 2. The second-order valence-electron chi connectivity index (χ2n) is 10.4. The fraction of sp³-hybridized carbons (Fsp3) is 0.323. The first-order chi connectivity index (χ1) is 19.2. The lowest BCUT2D eigenvalue weighted by atomic mass is 10.1. The first kappa shape index (κ1) is 27.6. The highest BCUT2D eigenvalue weighted by atomic mass is 32.2. The van der Waals surface area contributed by atoms with Crippen LogP contribution < -0.4 is 19.7 Å². The van der Waals surface area contributed by atoms with Crippen LogP contribution in [0, 0.1) is 0 Å². The molecule has 1 aromatic heterocycles. The van der Waals surface area contributed by atoms with Gasteiger partial charge in [-0.15, -0.1) is 0 Å². The highest BCUT2D eigenvalue weighted by Gasteiger charge is 2.31. The number of carbonyl (C=O) groups is 2. The monoisotopic (exact) mass is 558 g/mol. The number of aryl methyl sites for hydroxylation is 1. The van der Waals surface area contributed by atoms with Crippen LogP contribution in [-0.2, 0) is 24.9 Å². The summed E-state index contributed by atoms with van der Waals surface area (Å²) in [6, 6.07) is 22.5. The van der Waals surface area contributed by atoms with Crippen molar-refractivity contribution >= 4 is 39.6 Å². The van der Waals surface area contributed by atoms with Crippen LogP contribution in [0.15, 0.2) is 66.7 Å². The van der Waals surface area contributed by atoms with Crippen molar-refractivity contribution in [2.45, 2.75) is 58.1 Å². The number of benzene rings is 3. The maximum Gasteiger partial charge on any atom is 0.286 e. The highest BCUT2D eigenvalue weighted by molar-refractivity contribution is 8.15. The van der Waals surface area contributed by atoms with Gasteiger partial charge in [-0.05, 0) is 88.2 Å². The molecule has 1 fully saturated rings. The highest BCUT2D eigenvalue weighted by Crippen LogP contribution is 2.29. The summed E-state index contributed by atoms with van der Waals surface area (Å²) >= 11 is 1.04. The molecular weight excluding hydrogens is 524 g/mol. The molecule has 0 bridgehead atoms. The van der Waals surface area contributed by atoms with E-state index in [2.05, 4.69) is 50.0 Å². The third-order valence-electron chi connectivity index (χ3n) is 6.91. The van der Waals surface area contributed by atoms with E-state index in [9.17, 15) is 9.59 Å². The molecule has 2 amide bonds. The van der Waals surface area contributed by atoms with Crippen LogP contribution in [0.3, 0.4) is 0 Å². The molecule has 40 heavy (non-hydrogen) atoms. The van der Waals surface area contributed by atoms with E-state index in [1.165, 1.54) is 5.69 Å². The minimum atomic E-state index is -0.382. The Morgan fingerprint density at radius 3 is 2.20 bits per heavy atom. The summed E-state index contributed by atoms with van der Waals surface area (Å²) in [5.74, 6) is 2.79. The molecule has 1 saturated heterocycles. The molecule has 0 aliphatic carbocycles. The number of hydrogen-bond donors (Lipinski definition) is 1. The van der Waals surface area contributed by atoms with Crippen LogP contribution in [-0.4, -0.2) is 38.0 Å². The maximum absolute atomic E-state index is 11.8. The minimum Gasteiger partial charge on any atom is -0.486 e. The van der Waals surface area contributed by atoms with Crippen molar-refractivity contribution in [1.82, 2.24) is 14.9 Å². The van der Waals surface area contributed by atoms with Crippen LogP contribution >= 0.6 is 11.8 Å². The Morgan fingerprint density at radius 2 is 1.57 bits per heavy atom. The van der Waals surface area contributed by atoms with Gasteiger partial charge >= 0.3 is 0 Å². The van der Waals surface area contributed by atoms with E-state index in [0.29, 0.717) is 30.9 Å². The van der Waals surface area contributed by atoms with E-state index in [1.807, 2.05) is 66.2 Å². The fourth-order valence-corrected chi connectivity index (χ4v) is 5.90. The molecule has 2 heterocycles. The van der Waals surface area contributed by atoms with Crippen molar-refractivity contribution in [2.24, 2.45) is 7.05 Å². The summed E-state index contributed by atoms with van der Waals surface area (Å²) in [7, 11) is 1.97. The molecule has 0 saturated carbocycles. The van der Waals surface area contributed by atoms with E-state index >= 15 is 0 Å². The average molecular weight is 559 g/mol. The summed E-state index contributed by atoms with van der Waals surface area (Å²) in [6.45, 7) is 9.11. The lowest BCUT2D eigenvalue weighted by molar-refractivity contribution is -0.118. The van der Waals surface area contributed by atoms with E-state index in [0.717, 1.165) is 45.7 Å². The van der Waals surface area contributed by atoms with E-state index < -0.39 is 0 Å². The van der Waals surface area contributed by atoms with Gasteiger partial charge in [0.05, 0.1) is 16.3 Å². The number of imide groups is 1. The standard InChI is InChI=1S/C31H34N4O4S/c1-19(2)35(20(3)4)22-8-12-24(13-9-22)39-25-14-15-26-27(17-25)34(5)29(32-26)18-38-23-10-6-21(7-11-23)16-28-30(36)33-31(37)40-28/h6-15,17,19-20,28H,16,18H2,1-5H3,(H,33,36,37). The molecule has 9 heteroatoms. The average Bonchev–Trinajstić information content (AvgIpc) is 3.40. The Hall–Kier alpha value is -3.98. The topological polar surface area (TPSA) is 85.7 Å². The van der Waals surface area contributed by atoms with Crippen LogP contribution in [0.5, 0.6) is 17.2 Å². The quantitative estimate of drug-likeness (QED) is 0.239. The van der Waals surface area contributed by atoms with Crippen LogP contribution in [0.25, 0.3) is 11.0 Å². The lowest BCUT2D eigenvalue weighted by Crippen LogP contribution is -2.36. The van der Waals surface area contributed by atoms with Crippen molar-refractivity contribution in [1.29, 1.82) is 0 Å². The number of amides is 2. The Balaban J connectivity index is 1.22. The molecule has 0 spiro atoms. The van der Waals surface area contributed by atoms with Crippen molar-refractivity contribution in [3.8, 4) is 17.2 Å². The Kier molecular flexibility index (Phi) is 8.02. The second kappa shape index (κ2) is 11.6. The first-order valence-electron chi connectivity index (χ1n) is 13.4. The number of rotatable bonds is 10. The van der Waals surface area contributed by atoms with Crippen molar-refractivity contribution < 1.29 is 19.1 Å².